The molecule has 0 bridgehead atoms. The van der Waals surface area contributed by atoms with Gasteiger partial charge in [0.2, 0.25) is 0 Å². The lowest BCUT2D eigenvalue weighted by Gasteiger charge is -2.23. The van der Waals surface area contributed by atoms with Crippen LogP contribution in [-0.4, -0.2) is 0 Å². The highest BCUT2D eigenvalue weighted by Gasteiger charge is 2.17. The van der Waals surface area contributed by atoms with Crippen LogP contribution in [0, 0.1) is 13.8 Å². The first-order valence-electron chi connectivity index (χ1n) is 17.3. The van der Waals surface area contributed by atoms with Crippen LogP contribution in [0.1, 0.15) is 96.6 Å². The molecular formula is C46H58. The highest BCUT2D eigenvalue weighted by molar-refractivity contribution is 5.99. The molecule has 6 aromatic rings. The number of hydrogen-bond donors (Lipinski definition) is 0. The Kier molecular flexibility index (Phi) is 16.0. The van der Waals surface area contributed by atoms with Gasteiger partial charge in [0.05, 0.1) is 0 Å². The van der Waals surface area contributed by atoms with Crippen LogP contribution in [0.2, 0.25) is 0 Å². The van der Waals surface area contributed by atoms with Crippen LogP contribution >= 0.6 is 0 Å². The minimum atomic E-state index is 0.152. The molecule has 0 spiro atoms. The van der Waals surface area contributed by atoms with Gasteiger partial charge in [-0.25, -0.2) is 0 Å². The molecule has 46 heavy (non-hydrogen) atoms. The van der Waals surface area contributed by atoms with Gasteiger partial charge in [0, 0.05) is 0 Å². The molecule has 0 radical (unpaired) electrons. The summed E-state index contributed by atoms with van der Waals surface area (Å²) in [5, 5.41) is 5.17. The van der Waals surface area contributed by atoms with Gasteiger partial charge in [0.15, 0.2) is 0 Å². The Labute approximate surface area is 281 Å². The molecule has 0 aliphatic rings. The largest absolute Gasteiger partial charge is 0.0683 e. The number of rotatable bonds is 3. The van der Waals surface area contributed by atoms with E-state index in [0.717, 1.165) is 6.42 Å². The van der Waals surface area contributed by atoms with Gasteiger partial charge in [-0.05, 0) is 98.8 Å². The van der Waals surface area contributed by atoms with Crippen molar-refractivity contribution < 1.29 is 0 Å². The van der Waals surface area contributed by atoms with E-state index >= 15 is 0 Å². The molecular weight excluding hydrogens is 553 g/mol. The molecule has 0 amide bonds. The quantitative estimate of drug-likeness (QED) is 0.175. The second kappa shape index (κ2) is 19.4. The smallest absolute Gasteiger partial charge is 0.00202 e. The molecule has 0 fully saturated rings. The number of hydrogen-bond acceptors (Lipinski definition) is 0. The monoisotopic (exact) mass is 610 g/mol. The van der Waals surface area contributed by atoms with E-state index in [-0.39, 0.29) is 5.41 Å². The van der Waals surface area contributed by atoms with Gasteiger partial charge < -0.3 is 0 Å². The Hall–Kier alpha value is -4.16. The highest BCUT2D eigenvalue weighted by Crippen LogP contribution is 2.31. The second-order valence-electron chi connectivity index (χ2n) is 12.3. The van der Waals surface area contributed by atoms with Crippen molar-refractivity contribution in [2.24, 2.45) is 0 Å². The molecule has 0 heterocycles. The van der Waals surface area contributed by atoms with E-state index < -0.39 is 0 Å². The predicted molar refractivity (Wildman–Crippen MR) is 209 cm³/mol. The summed E-state index contributed by atoms with van der Waals surface area (Å²) in [7, 11) is 0. The third kappa shape index (κ3) is 11.0. The van der Waals surface area contributed by atoms with Crippen molar-refractivity contribution in [1.82, 2.24) is 0 Å². The van der Waals surface area contributed by atoms with E-state index in [1.165, 1.54) is 66.9 Å². The maximum Gasteiger partial charge on any atom is -0.00202 e. The predicted octanol–water partition coefficient (Wildman–Crippen LogP) is 14.3. The Morgan fingerprint density at radius 3 is 1.48 bits per heavy atom. The first kappa shape index (κ1) is 38.0. The summed E-state index contributed by atoms with van der Waals surface area (Å²) >= 11 is 0. The summed E-state index contributed by atoms with van der Waals surface area (Å²) in [6.07, 6.45) is 2.23. The van der Waals surface area contributed by atoms with Crippen molar-refractivity contribution in [3.63, 3.8) is 0 Å². The number of fused-ring (bicyclic) bond motifs is 2. The maximum atomic E-state index is 2.34. The van der Waals surface area contributed by atoms with Crippen LogP contribution in [-0.2, 0) is 11.8 Å². The maximum absolute atomic E-state index is 2.34. The fraction of sp³-hybridized carbons (Fsp3) is 0.304. The van der Waals surface area contributed by atoms with Crippen molar-refractivity contribution in [2.45, 2.75) is 94.4 Å². The van der Waals surface area contributed by atoms with Crippen LogP contribution in [0.5, 0.6) is 0 Å². The van der Waals surface area contributed by atoms with Crippen LogP contribution in [0.3, 0.4) is 0 Å². The Balaban J connectivity index is 0.000000445. The minimum Gasteiger partial charge on any atom is -0.0683 e. The van der Waals surface area contributed by atoms with E-state index in [0.29, 0.717) is 0 Å². The lowest BCUT2D eigenvalue weighted by atomic mass is 9.82. The number of benzene rings is 6. The molecule has 0 nitrogen and oxygen atoms in total. The molecule has 0 aliphatic heterocycles. The van der Waals surface area contributed by atoms with Crippen LogP contribution in [0.15, 0.2) is 127 Å². The van der Waals surface area contributed by atoms with Gasteiger partial charge in [-0.2, -0.15) is 0 Å². The first-order chi connectivity index (χ1) is 22.2. The molecule has 242 valence electrons. The lowest BCUT2D eigenvalue weighted by Crippen LogP contribution is -2.14. The Morgan fingerprint density at radius 1 is 0.457 bits per heavy atom. The van der Waals surface area contributed by atoms with Crippen LogP contribution < -0.4 is 0 Å². The summed E-state index contributed by atoms with van der Waals surface area (Å²) in [5.74, 6) is 0. The molecule has 0 atom stereocenters. The summed E-state index contributed by atoms with van der Waals surface area (Å²) in [6, 6.07) is 46.1. The molecule has 6 aromatic carbocycles. The van der Waals surface area contributed by atoms with E-state index in [1.54, 1.807) is 0 Å². The van der Waals surface area contributed by atoms with Crippen molar-refractivity contribution in [3.05, 3.63) is 155 Å². The standard InChI is InChI=1S/C32H30.C7H8.C3H8.2C2H6/c1-22-17-26(14-13-23(22)18-29-11-7-8-12-31(29)32(2,3)4)27-15-16-28-19-24-9-5-6-10-25(24)20-30(28)21-27;1-7-5-3-2-4-6-7;1-3-2;2*1-2/h5-17,19-21H,18H2,1-4H3;2-6H,1H3;3H2,1-2H3;2*1-2H3. The molecule has 0 aliphatic carbocycles. The van der Waals surface area contributed by atoms with Gasteiger partial charge in [-0.15, -0.1) is 0 Å². The Morgan fingerprint density at radius 2 is 0.935 bits per heavy atom. The van der Waals surface area contributed by atoms with Crippen molar-refractivity contribution in [3.8, 4) is 11.1 Å². The highest BCUT2D eigenvalue weighted by atomic mass is 14.2. The van der Waals surface area contributed by atoms with Gasteiger partial charge in [-0.1, -0.05) is 183 Å². The fourth-order valence-corrected chi connectivity index (χ4v) is 5.34. The molecule has 0 aromatic heterocycles. The van der Waals surface area contributed by atoms with E-state index in [2.05, 4.69) is 158 Å². The molecule has 0 N–H and O–H groups in total. The first-order valence-corrected chi connectivity index (χ1v) is 17.3. The molecule has 0 unspecified atom stereocenters. The second-order valence-corrected chi connectivity index (χ2v) is 12.3. The zero-order chi connectivity index (χ0) is 34.1. The fourth-order valence-electron chi connectivity index (χ4n) is 5.34. The van der Waals surface area contributed by atoms with Crippen molar-refractivity contribution >= 4 is 21.5 Å². The van der Waals surface area contributed by atoms with Gasteiger partial charge in [-0.3, -0.25) is 0 Å². The summed E-state index contributed by atoms with van der Waals surface area (Å²) in [4.78, 5) is 0. The Bertz CT molecular complexity index is 1730. The lowest BCUT2D eigenvalue weighted by molar-refractivity contribution is 0.584. The SMILES string of the molecule is CC.CC.CCC.Cc1cc(-c2ccc3cc4ccccc4cc3c2)ccc1Cc1ccccc1C(C)(C)C.Cc1ccccc1. The third-order valence-electron chi connectivity index (χ3n) is 7.53. The molecule has 0 saturated heterocycles. The summed E-state index contributed by atoms with van der Waals surface area (Å²) in [5.41, 5.74) is 9.64. The average molecular weight is 611 g/mol. The average Bonchev–Trinajstić information content (AvgIpc) is 3.07. The van der Waals surface area contributed by atoms with Crippen molar-refractivity contribution in [2.75, 3.05) is 0 Å². The third-order valence-corrected chi connectivity index (χ3v) is 7.53. The van der Waals surface area contributed by atoms with Gasteiger partial charge in [0.25, 0.3) is 0 Å². The zero-order valence-corrected chi connectivity index (χ0v) is 30.5. The van der Waals surface area contributed by atoms with E-state index in [9.17, 15) is 0 Å². The summed E-state index contributed by atoms with van der Waals surface area (Å²) in [6.45, 7) is 23.5. The topological polar surface area (TPSA) is 0 Å². The van der Waals surface area contributed by atoms with E-state index in [1.807, 2.05) is 45.9 Å². The zero-order valence-electron chi connectivity index (χ0n) is 30.5. The minimum absolute atomic E-state index is 0.152. The number of aryl methyl sites for hydroxylation is 2. The molecule has 0 saturated carbocycles. The van der Waals surface area contributed by atoms with E-state index in [4.69, 9.17) is 0 Å². The van der Waals surface area contributed by atoms with Gasteiger partial charge in [0.1, 0.15) is 0 Å². The molecule has 0 heteroatoms. The van der Waals surface area contributed by atoms with Crippen molar-refractivity contribution in [1.29, 1.82) is 0 Å². The van der Waals surface area contributed by atoms with Crippen LogP contribution in [0.4, 0.5) is 0 Å². The van der Waals surface area contributed by atoms with Crippen LogP contribution in [0.25, 0.3) is 32.7 Å². The summed E-state index contributed by atoms with van der Waals surface area (Å²) < 4.78 is 0. The molecule has 6 rings (SSSR count). The normalized spacial score (nSPS) is 10.2. The van der Waals surface area contributed by atoms with Gasteiger partial charge >= 0.3 is 0 Å².